The summed E-state index contributed by atoms with van der Waals surface area (Å²) in [6.07, 6.45) is 0.316. The molecule has 3 aromatic rings. The molecule has 3 rings (SSSR count). The highest BCUT2D eigenvalue weighted by Gasteiger charge is 2.20. The van der Waals surface area contributed by atoms with E-state index in [0.717, 1.165) is 27.6 Å². The Morgan fingerprint density at radius 2 is 1.82 bits per heavy atom. The molecule has 0 atom stereocenters. The molecule has 148 valence electrons. The van der Waals surface area contributed by atoms with Crippen molar-refractivity contribution < 1.29 is 9.53 Å². The summed E-state index contributed by atoms with van der Waals surface area (Å²) in [5, 5.41) is 0.760. The molecule has 0 spiro atoms. The fraction of sp³-hybridized carbons (Fsp3) is 0.364. The molecule has 0 bridgehead atoms. The summed E-state index contributed by atoms with van der Waals surface area (Å²) in [6.45, 7) is 5.91. The van der Waals surface area contributed by atoms with Crippen LogP contribution in [0, 0.1) is 13.8 Å². The first-order chi connectivity index (χ1) is 13.5. The lowest BCUT2D eigenvalue weighted by Gasteiger charge is -2.22. The quantitative estimate of drug-likeness (QED) is 0.569. The molecule has 0 fully saturated rings. The van der Waals surface area contributed by atoms with Crippen molar-refractivity contribution in [2.45, 2.75) is 20.3 Å². The van der Waals surface area contributed by atoms with Crippen molar-refractivity contribution in [3.63, 3.8) is 0 Å². The summed E-state index contributed by atoms with van der Waals surface area (Å²) >= 11 is 1.57. The van der Waals surface area contributed by atoms with Crippen LogP contribution in [0.15, 0.2) is 42.5 Å². The number of carbonyl (C=O) groups excluding carboxylic acids is 1. The number of aromatic nitrogens is 1. The molecule has 1 aromatic heterocycles. The Labute approximate surface area is 170 Å². The van der Waals surface area contributed by atoms with Crippen LogP contribution < -0.4 is 9.64 Å². The van der Waals surface area contributed by atoms with Gasteiger partial charge in [0.1, 0.15) is 5.75 Å². The highest BCUT2D eigenvalue weighted by Crippen LogP contribution is 2.32. The van der Waals surface area contributed by atoms with Gasteiger partial charge in [-0.05, 0) is 57.3 Å². The van der Waals surface area contributed by atoms with E-state index in [-0.39, 0.29) is 5.91 Å². The normalized spacial score (nSPS) is 11.2. The predicted octanol–water partition coefficient (Wildman–Crippen LogP) is 4.28. The number of amides is 1. The van der Waals surface area contributed by atoms with Crippen LogP contribution in [0.2, 0.25) is 0 Å². The summed E-state index contributed by atoms with van der Waals surface area (Å²) in [4.78, 5) is 21.6. The van der Waals surface area contributed by atoms with Crippen molar-refractivity contribution in [2.24, 2.45) is 0 Å². The SMILES string of the molecule is Cc1ccc2sc(N(CCN(C)C)C(=O)CCOc3ccccc3)nc2c1C. The Balaban J connectivity index is 1.76. The standard InChI is InChI=1S/C22H27N3O2S/c1-16-10-11-19-21(17(16)2)23-22(28-19)25(14-13-24(3)4)20(26)12-15-27-18-8-6-5-7-9-18/h5-11H,12-15H2,1-4H3. The smallest absolute Gasteiger partial charge is 0.232 e. The molecule has 0 unspecified atom stereocenters. The van der Waals surface area contributed by atoms with Gasteiger partial charge in [0.25, 0.3) is 0 Å². The molecule has 28 heavy (non-hydrogen) atoms. The zero-order chi connectivity index (χ0) is 20.1. The molecule has 2 aromatic carbocycles. The minimum Gasteiger partial charge on any atom is -0.493 e. The van der Waals surface area contributed by atoms with Gasteiger partial charge in [0, 0.05) is 13.1 Å². The molecule has 0 aliphatic carbocycles. The topological polar surface area (TPSA) is 45.7 Å². The molecular formula is C22H27N3O2S. The van der Waals surface area contributed by atoms with E-state index in [0.29, 0.717) is 19.6 Å². The van der Waals surface area contributed by atoms with Gasteiger partial charge >= 0.3 is 0 Å². The average Bonchev–Trinajstić information content (AvgIpc) is 3.10. The lowest BCUT2D eigenvalue weighted by atomic mass is 10.1. The number of nitrogens with zero attached hydrogens (tertiary/aromatic N) is 3. The van der Waals surface area contributed by atoms with E-state index in [1.807, 2.05) is 44.4 Å². The van der Waals surface area contributed by atoms with Crippen LogP contribution >= 0.6 is 11.3 Å². The largest absolute Gasteiger partial charge is 0.493 e. The van der Waals surface area contributed by atoms with Crippen molar-refractivity contribution in [1.82, 2.24) is 9.88 Å². The van der Waals surface area contributed by atoms with E-state index in [9.17, 15) is 4.79 Å². The monoisotopic (exact) mass is 397 g/mol. The highest BCUT2D eigenvalue weighted by atomic mass is 32.1. The number of rotatable bonds is 8. The van der Waals surface area contributed by atoms with Crippen molar-refractivity contribution in [1.29, 1.82) is 0 Å². The second-order valence-corrected chi connectivity index (χ2v) is 8.12. The first-order valence-electron chi connectivity index (χ1n) is 9.45. The molecular weight excluding hydrogens is 370 g/mol. The summed E-state index contributed by atoms with van der Waals surface area (Å²) in [5.74, 6) is 0.812. The lowest BCUT2D eigenvalue weighted by Crippen LogP contribution is -2.37. The number of anilines is 1. The Morgan fingerprint density at radius 3 is 2.54 bits per heavy atom. The molecule has 1 heterocycles. The number of fused-ring (bicyclic) bond motifs is 1. The third-order valence-corrected chi connectivity index (χ3v) is 5.75. The van der Waals surface area contributed by atoms with E-state index < -0.39 is 0 Å². The van der Waals surface area contributed by atoms with Gasteiger partial charge in [-0.1, -0.05) is 35.6 Å². The van der Waals surface area contributed by atoms with Crippen molar-refractivity contribution in [3.05, 3.63) is 53.6 Å². The lowest BCUT2D eigenvalue weighted by molar-refractivity contribution is -0.119. The minimum absolute atomic E-state index is 0.0335. The first kappa shape index (κ1) is 20.3. The third-order valence-electron chi connectivity index (χ3n) is 4.70. The zero-order valence-corrected chi connectivity index (χ0v) is 17.8. The Kier molecular flexibility index (Phi) is 6.65. The van der Waals surface area contributed by atoms with Crippen LogP contribution in [-0.4, -0.2) is 49.6 Å². The van der Waals surface area contributed by atoms with E-state index in [4.69, 9.17) is 9.72 Å². The summed E-state index contributed by atoms with van der Waals surface area (Å²) in [6, 6.07) is 13.8. The highest BCUT2D eigenvalue weighted by molar-refractivity contribution is 7.22. The minimum atomic E-state index is 0.0335. The van der Waals surface area contributed by atoms with Crippen molar-refractivity contribution >= 4 is 32.6 Å². The summed E-state index contributed by atoms with van der Waals surface area (Å²) in [7, 11) is 4.01. The van der Waals surface area contributed by atoms with Gasteiger partial charge in [0.15, 0.2) is 5.13 Å². The van der Waals surface area contributed by atoms with Gasteiger partial charge in [0.05, 0.1) is 23.2 Å². The molecule has 0 saturated heterocycles. The van der Waals surface area contributed by atoms with E-state index in [1.165, 1.54) is 11.1 Å². The number of thiazole rings is 1. The maximum atomic E-state index is 13.0. The van der Waals surface area contributed by atoms with E-state index >= 15 is 0 Å². The number of para-hydroxylation sites is 1. The van der Waals surface area contributed by atoms with Gasteiger partial charge in [0.2, 0.25) is 5.91 Å². The van der Waals surface area contributed by atoms with Gasteiger partial charge in [-0.3, -0.25) is 9.69 Å². The molecule has 0 radical (unpaired) electrons. The Hall–Kier alpha value is -2.44. The maximum absolute atomic E-state index is 13.0. The van der Waals surface area contributed by atoms with Crippen LogP contribution in [0.4, 0.5) is 5.13 Å². The summed E-state index contributed by atoms with van der Waals surface area (Å²) < 4.78 is 6.82. The molecule has 0 saturated carbocycles. The van der Waals surface area contributed by atoms with Crippen LogP contribution in [0.1, 0.15) is 17.5 Å². The molecule has 0 N–H and O–H groups in total. The fourth-order valence-electron chi connectivity index (χ4n) is 2.86. The number of hydrogen-bond donors (Lipinski definition) is 0. The number of ether oxygens (including phenoxy) is 1. The molecule has 0 aliphatic heterocycles. The average molecular weight is 398 g/mol. The van der Waals surface area contributed by atoms with Gasteiger partial charge in [-0.15, -0.1) is 0 Å². The van der Waals surface area contributed by atoms with Crippen LogP contribution in [0.5, 0.6) is 5.75 Å². The fourth-order valence-corrected chi connectivity index (χ4v) is 3.93. The van der Waals surface area contributed by atoms with Crippen LogP contribution in [0.25, 0.3) is 10.2 Å². The van der Waals surface area contributed by atoms with Crippen molar-refractivity contribution in [2.75, 3.05) is 38.7 Å². The Bertz CT molecular complexity index is 938. The van der Waals surface area contributed by atoms with Gasteiger partial charge in [-0.2, -0.15) is 0 Å². The Morgan fingerprint density at radius 1 is 1.07 bits per heavy atom. The van der Waals surface area contributed by atoms with E-state index in [1.54, 1.807) is 16.2 Å². The predicted molar refractivity (Wildman–Crippen MR) is 117 cm³/mol. The van der Waals surface area contributed by atoms with E-state index in [2.05, 4.69) is 30.9 Å². The third kappa shape index (κ3) is 4.88. The zero-order valence-electron chi connectivity index (χ0n) is 16.9. The van der Waals surface area contributed by atoms with Crippen LogP contribution in [-0.2, 0) is 4.79 Å². The number of hydrogen-bond acceptors (Lipinski definition) is 5. The van der Waals surface area contributed by atoms with Gasteiger partial charge in [-0.25, -0.2) is 4.98 Å². The van der Waals surface area contributed by atoms with Crippen LogP contribution in [0.3, 0.4) is 0 Å². The summed E-state index contributed by atoms with van der Waals surface area (Å²) in [5.41, 5.74) is 3.38. The molecule has 1 amide bonds. The molecule has 0 aliphatic rings. The maximum Gasteiger partial charge on any atom is 0.232 e. The number of carbonyl (C=O) groups is 1. The number of aryl methyl sites for hydroxylation is 2. The first-order valence-corrected chi connectivity index (χ1v) is 10.3. The molecule has 6 heteroatoms. The second-order valence-electron chi connectivity index (χ2n) is 7.11. The number of likely N-dealkylation sites (N-methyl/N-ethyl adjacent to an activating group) is 1. The van der Waals surface area contributed by atoms with Gasteiger partial charge < -0.3 is 9.64 Å². The second kappa shape index (κ2) is 9.17. The van der Waals surface area contributed by atoms with Crippen molar-refractivity contribution in [3.8, 4) is 5.75 Å². The molecule has 5 nitrogen and oxygen atoms in total. The number of benzene rings is 2.